The Balaban J connectivity index is 3.94. The van der Waals surface area contributed by atoms with Crippen LogP contribution in [0.25, 0.3) is 0 Å². The molecule has 0 saturated heterocycles. The minimum absolute atomic E-state index is 0.485. The fourth-order valence-corrected chi connectivity index (χ4v) is 0.917. The molecule has 1 atom stereocenters. The average Bonchev–Trinajstić information content (AvgIpc) is 2.16. The minimum Gasteiger partial charge on any atom is -0.467 e. The van der Waals surface area contributed by atoms with Gasteiger partial charge in [0.1, 0.15) is 0 Å². The molecule has 0 amide bonds. The van der Waals surface area contributed by atoms with Gasteiger partial charge in [-0.3, -0.25) is 0 Å². The van der Waals surface area contributed by atoms with Crippen LogP contribution in [-0.2, 0) is 14.3 Å². The van der Waals surface area contributed by atoms with Crippen LogP contribution in [0.15, 0.2) is 4.99 Å². The normalized spacial score (nSPS) is 11.5. The number of methoxy groups -OCH3 is 1. The molecule has 0 unspecified atom stereocenters. The fraction of sp³-hybridized carbons (Fsp3) is 0.750. The number of carbonyl (C=O) groups is 1. The molecule has 0 aromatic carbocycles. The van der Waals surface area contributed by atoms with E-state index in [1.165, 1.54) is 13.2 Å². The molecule has 5 nitrogen and oxygen atoms in total. The van der Waals surface area contributed by atoms with Crippen molar-refractivity contribution in [3.63, 3.8) is 0 Å². The molecule has 5 heteroatoms. The van der Waals surface area contributed by atoms with Crippen molar-refractivity contribution in [3.05, 3.63) is 0 Å². The highest BCUT2D eigenvalue weighted by molar-refractivity contribution is 5.76. The van der Waals surface area contributed by atoms with Gasteiger partial charge in [0.2, 0.25) is 6.08 Å². The van der Waals surface area contributed by atoms with Crippen LogP contribution < -0.4 is 5.73 Å². The number of nitrogens with two attached hydrogens (primary N) is 1. The lowest BCUT2D eigenvalue weighted by atomic mass is 10.1. The number of hydrogen-bond donors (Lipinski definition) is 1. The zero-order chi connectivity index (χ0) is 10.1. The maximum atomic E-state index is 11.0. The number of ether oxygens (including phenoxy) is 1. The number of esters is 1. The third-order valence-electron chi connectivity index (χ3n) is 1.61. The van der Waals surface area contributed by atoms with Gasteiger partial charge in [-0.05, 0) is 25.8 Å². The molecular formula is C8H14N2O3. The zero-order valence-electron chi connectivity index (χ0n) is 7.66. The molecule has 0 bridgehead atoms. The van der Waals surface area contributed by atoms with E-state index in [4.69, 9.17) is 5.73 Å². The van der Waals surface area contributed by atoms with Gasteiger partial charge in [0.15, 0.2) is 6.04 Å². The predicted octanol–water partition coefficient (Wildman–Crippen LogP) is -0.00720. The molecule has 0 heterocycles. The van der Waals surface area contributed by atoms with Crippen molar-refractivity contribution < 1.29 is 14.3 Å². The number of aliphatic imine (C=N–C) groups is 1. The lowest BCUT2D eigenvalue weighted by Gasteiger charge is -2.06. The van der Waals surface area contributed by atoms with Crippen molar-refractivity contribution in [1.82, 2.24) is 0 Å². The summed E-state index contributed by atoms with van der Waals surface area (Å²) in [6.07, 6.45) is 3.40. The van der Waals surface area contributed by atoms with Crippen molar-refractivity contribution in [1.29, 1.82) is 0 Å². The standard InChI is InChI=1S/C8H14N2O3/c1-13-8(12)7(10-6-11)4-2-3-5-9/h7H,2-5,9H2,1H3/t7-/m0/s1. The van der Waals surface area contributed by atoms with Crippen molar-refractivity contribution in [2.24, 2.45) is 10.7 Å². The Kier molecular flexibility index (Phi) is 6.78. The summed E-state index contributed by atoms with van der Waals surface area (Å²) < 4.78 is 4.45. The molecule has 13 heavy (non-hydrogen) atoms. The Morgan fingerprint density at radius 1 is 1.62 bits per heavy atom. The van der Waals surface area contributed by atoms with E-state index in [1.54, 1.807) is 0 Å². The predicted molar refractivity (Wildman–Crippen MR) is 46.8 cm³/mol. The van der Waals surface area contributed by atoms with Crippen LogP contribution in [0.1, 0.15) is 19.3 Å². The highest BCUT2D eigenvalue weighted by atomic mass is 16.5. The van der Waals surface area contributed by atoms with Crippen molar-refractivity contribution in [2.75, 3.05) is 13.7 Å². The quantitative estimate of drug-likeness (QED) is 0.274. The van der Waals surface area contributed by atoms with E-state index in [1.807, 2.05) is 0 Å². The summed E-state index contributed by atoms with van der Waals surface area (Å²) in [6, 6.07) is -0.714. The number of unbranched alkanes of at least 4 members (excludes halogenated alkanes) is 1. The third kappa shape index (κ3) is 5.11. The molecule has 0 aromatic heterocycles. The van der Waals surface area contributed by atoms with E-state index < -0.39 is 12.0 Å². The van der Waals surface area contributed by atoms with Gasteiger partial charge >= 0.3 is 5.97 Å². The Morgan fingerprint density at radius 3 is 2.77 bits per heavy atom. The van der Waals surface area contributed by atoms with Gasteiger partial charge in [0.05, 0.1) is 7.11 Å². The first-order chi connectivity index (χ1) is 6.26. The average molecular weight is 186 g/mol. The van der Waals surface area contributed by atoms with Crippen LogP contribution in [0.2, 0.25) is 0 Å². The summed E-state index contributed by atoms with van der Waals surface area (Å²) in [6.45, 7) is 0.568. The minimum atomic E-state index is -0.714. The molecular weight excluding hydrogens is 172 g/mol. The second kappa shape index (κ2) is 7.46. The Labute approximate surface area is 77.0 Å². The van der Waals surface area contributed by atoms with E-state index in [0.29, 0.717) is 13.0 Å². The summed E-state index contributed by atoms with van der Waals surface area (Å²) in [5, 5.41) is 0. The number of rotatable bonds is 6. The summed E-state index contributed by atoms with van der Waals surface area (Å²) in [5.74, 6) is -0.500. The van der Waals surface area contributed by atoms with Crippen LogP contribution in [0.4, 0.5) is 0 Å². The highest BCUT2D eigenvalue weighted by Crippen LogP contribution is 2.05. The SMILES string of the molecule is COC(=O)[C@H](CCCCN)N=C=O. The lowest BCUT2D eigenvalue weighted by molar-refractivity contribution is -0.142. The van der Waals surface area contributed by atoms with Crippen LogP contribution in [0, 0.1) is 0 Å². The number of hydrogen-bond acceptors (Lipinski definition) is 5. The van der Waals surface area contributed by atoms with Crippen molar-refractivity contribution >= 4 is 12.0 Å². The maximum absolute atomic E-state index is 11.0. The molecule has 74 valence electrons. The summed E-state index contributed by atoms with van der Waals surface area (Å²) in [7, 11) is 1.26. The fourth-order valence-electron chi connectivity index (χ4n) is 0.917. The molecule has 2 N–H and O–H groups in total. The first-order valence-electron chi connectivity index (χ1n) is 4.11. The summed E-state index contributed by atoms with van der Waals surface area (Å²) in [4.78, 5) is 24.3. The summed E-state index contributed by atoms with van der Waals surface area (Å²) >= 11 is 0. The molecule has 0 radical (unpaired) electrons. The van der Waals surface area contributed by atoms with Gasteiger partial charge in [-0.2, -0.15) is 4.99 Å². The first kappa shape index (κ1) is 11.8. The van der Waals surface area contributed by atoms with Gasteiger partial charge in [-0.15, -0.1) is 0 Å². The van der Waals surface area contributed by atoms with Crippen LogP contribution in [-0.4, -0.2) is 31.7 Å². The first-order valence-corrected chi connectivity index (χ1v) is 4.11. The number of nitrogens with zero attached hydrogens (tertiary/aromatic N) is 1. The molecule has 0 rings (SSSR count). The molecule has 0 aromatic rings. The van der Waals surface area contributed by atoms with Gasteiger partial charge in [-0.25, -0.2) is 9.59 Å². The second-order valence-corrected chi connectivity index (χ2v) is 2.54. The molecule has 0 aliphatic carbocycles. The van der Waals surface area contributed by atoms with E-state index in [2.05, 4.69) is 9.73 Å². The third-order valence-corrected chi connectivity index (χ3v) is 1.61. The highest BCUT2D eigenvalue weighted by Gasteiger charge is 2.16. The Hall–Kier alpha value is -1.19. The Morgan fingerprint density at radius 2 is 2.31 bits per heavy atom. The van der Waals surface area contributed by atoms with E-state index in [-0.39, 0.29) is 0 Å². The molecule has 0 fully saturated rings. The number of isocyanates is 1. The van der Waals surface area contributed by atoms with Crippen LogP contribution in [0.3, 0.4) is 0 Å². The summed E-state index contributed by atoms with van der Waals surface area (Å²) in [5.41, 5.74) is 5.27. The van der Waals surface area contributed by atoms with E-state index >= 15 is 0 Å². The topological polar surface area (TPSA) is 81.8 Å². The van der Waals surface area contributed by atoms with Crippen molar-refractivity contribution in [3.8, 4) is 0 Å². The zero-order valence-corrected chi connectivity index (χ0v) is 7.66. The van der Waals surface area contributed by atoms with Gasteiger partial charge in [0.25, 0.3) is 0 Å². The van der Waals surface area contributed by atoms with Crippen LogP contribution in [0.5, 0.6) is 0 Å². The lowest BCUT2D eigenvalue weighted by Crippen LogP contribution is -2.20. The van der Waals surface area contributed by atoms with Gasteiger partial charge in [-0.1, -0.05) is 0 Å². The van der Waals surface area contributed by atoms with Crippen LogP contribution >= 0.6 is 0 Å². The monoisotopic (exact) mass is 186 g/mol. The maximum Gasteiger partial charge on any atom is 0.331 e. The second-order valence-electron chi connectivity index (χ2n) is 2.54. The van der Waals surface area contributed by atoms with Gasteiger partial charge < -0.3 is 10.5 Å². The van der Waals surface area contributed by atoms with Crippen molar-refractivity contribution in [2.45, 2.75) is 25.3 Å². The van der Waals surface area contributed by atoms with E-state index in [9.17, 15) is 9.59 Å². The number of carbonyl (C=O) groups excluding carboxylic acids is 2. The van der Waals surface area contributed by atoms with Gasteiger partial charge in [0, 0.05) is 0 Å². The smallest absolute Gasteiger partial charge is 0.331 e. The van der Waals surface area contributed by atoms with E-state index in [0.717, 1.165) is 12.8 Å². The molecule has 0 saturated carbocycles. The Bertz CT molecular complexity index is 200. The molecule has 0 aliphatic rings. The molecule has 0 aliphatic heterocycles. The molecule has 0 spiro atoms. The largest absolute Gasteiger partial charge is 0.467 e.